The number of nitrogens with one attached hydrogen (secondary N) is 1. The second-order valence-electron chi connectivity index (χ2n) is 7.40. The molecule has 174 valence electrons. The molecular weight excluding hydrogens is 499 g/mol. The molecule has 0 aliphatic rings. The number of methoxy groups -OCH3 is 2. The Bertz CT molecular complexity index is 1580. The number of imidazole rings is 1. The molecule has 1 unspecified atom stereocenters. The SMILES string of the molecule is COc1cc(Cl)c(-c2cnc(S(C)=O)c3nn(Cc4nc5nc(Cl)ccc5[nH]4)cc23)cc1OC. The summed E-state index contributed by atoms with van der Waals surface area (Å²) in [7, 11) is 1.76. The Labute approximate surface area is 206 Å². The number of ether oxygens (including phenoxy) is 2. The standard InChI is InChI=1S/C22H18Cl2N6O3S/c1-32-16-6-11(14(23)7-17(16)33-2)12-8-25-22(34(3)31)20-13(12)9-30(29-20)10-19-26-15-4-5-18(24)27-21(15)28-19/h4-9H,10H2,1-3H3,(H,26,27,28). The van der Waals surface area contributed by atoms with Crippen LogP contribution in [0.5, 0.6) is 11.5 Å². The summed E-state index contributed by atoms with van der Waals surface area (Å²) in [5.41, 5.74) is 3.22. The van der Waals surface area contributed by atoms with Crippen LogP contribution in [0.1, 0.15) is 5.82 Å². The van der Waals surface area contributed by atoms with Gasteiger partial charge >= 0.3 is 0 Å². The van der Waals surface area contributed by atoms with E-state index in [1.54, 1.807) is 49.6 Å². The molecular formula is C22H18Cl2N6O3S. The third-order valence-electron chi connectivity index (χ3n) is 5.27. The Morgan fingerprint density at radius 1 is 1.09 bits per heavy atom. The molecule has 5 aromatic rings. The molecule has 0 radical (unpaired) electrons. The molecule has 1 N–H and O–H groups in total. The first-order chi connectivity index (χ1) is 16.4. The van der Waals surface area contributed by atoms with Crippen molar-refractivity contribution in [2.45, 2.75) is 11.6 Å². The van der Waals surface area contributed by atoms with Crippen LogP contribution in [0.15, 0.2) is 41.7 Å². The van der Waals surface area contributed by atoms with E-state index in [2.05, 4.69) is 25.0 Å². The number of pyridine rings is 2. The largest absolute Gasteiger partial charge is 0.493 e. The van der Waals surface area contributed by atoms with E-state index in [0.717, 1.165) is 16.5 Å². The van der Waals surface area contributed by atoms with Gasteiger partial charge in [-0.25, -0.2) is 15.0 Å². The molecule has 0 bridgehead atoms. The van der Waals surface area contributed by atoms with Crippen molar-refractivity contribution < 1.29 is 13.7 Å². The molecule has 0 aliphatic heterocycles. The Morgan fingerprint density at radius 3 is 2.59 bits per heavy atom. The summed E-state index contributed by atoms with van der Waals surface area (Å²) >= 11 is 12.6. The van der Waals surface area contributed by atoms with Crippen molar-refractivity contribution in [3.8, 4) is 22.6 Å². The van der Waals surface area contributed by atoms with Crippen LogP contribution in [0.25, 0.3) is 33.2 Å². The quantitative estimate of drug-likeness (QED) is 0.331. The van der Waals surface area contributed by atoms with Crippen molar-refractivity contribution in [2.24, 2.45) is 0 Å². The van der Waals surface area contributed by atoms with E-state index in [4.69, 9.17) is 32.7 Å². The number of halogens is 2. The van der Waals surface area contributed by atoms with Crippen molar-refractivity contribution in [3.63, 3.8) is 0 Å². The van der Waals surface area contributed by atoms with E-state index in [9.17, 15) is 4.21 Å². The lowest BCUT2D eigenvalue weighted by molar-refractivity contribution is 0.355. The Morgan fingerprint density at radius 2 is 1.85 bits per heavy atom. The molecule has 0 saturated heterocycles. The van der Waals surface area contributed by atoms with Gasteiger partial charge < -0.3 is 14.5 Å². The first-order valence-electron chi connectivity index (χ1n) is 10.0. The summed E-state index contributed by atoms with van der Waals surface area (Å²) in [5, 5.41) is 6.61. The van der Waals surface area contributed by atoms with Crippen LogP contribution in [0.2, 0.25) is 10.2 Å². The molecule has 9 nitrogen and oxygen atoms in total. The predicted molar refractivity (Wildman–Crippen MR) is 131 cm³/mol. The molecule has 4 heterocycles. The van der Waals surface area contributed by atoms with Crippen molar-refractivity contribution >= 4 is 56.1 Å². The van der Waals surface area contributed by atoms with Gasteiger partial charge in [-0.2, -0.15) is 5.10 Å². The second-order valence-corrected chi connectivity index (χ2v) is 9.49. The topological polar surface area (TPSA) is 108 Å². The van der Waals surface area contributed by atoms with Crippen LogP contribution in [0.4, 0.5) is 0 Å². The van der Waals surface area contributed by atoms with Crippen LogP contribution in [-0.4, -0.2) is 54.4 Å². The molecule has 1 aromatic carbocycles. The summed E-state index contributed by atoms with van der Waals surface area (Å²) < 4.78 is 24.9. The van der Waals surface area contributed by atoms with Gasteiger partial charge in [0.2, 0.25) is 0 Å². The summed E-state index contributed by atoms with van der Waals surface area (Å²) in [6.07, 6.45) is 5.06. The molecule has 0 amide bonds. The highest BCUT2D eigenvalue weighted by molar-refractivity contribution is 7.84. The molecule has 0 saturated carbocycles. The van der Waals surface area contributed by atoms with E-state index in [-0.39, 0.29) is 0 Å². The van der Waals surface area contributed by atoms with Gasteiger partial charge in [-0.05, 0) is 18.2 Å². The Balaban J connectivity index is 1.65. The monoisotopic (exact) mass is 516 g/mol. The molecule has 0 fully saturated rings. The smallest absolute Gasteiger partial charge is 0.179 e. The van der Waals surface area contributed by atoms with Gasteiger partial charge in [0.25, 0.3) is 0 Å². The number of hydrogen-bond donors (Lipinski definition) is 1. The highest BCUT2D eigenvalue weighted by Crippen LogP contribution is 2.41. The van der Waals surface area contributed by atoms with Crippen molar-refractivity contribution in [2.75, 3.05) is 20.5 Å². The van der Waals surface area contributed by atoms with Crippen molar-refractivity contribution in [1.82, 2.24) is 29.7 Å². The van der Waals surface area contributed by atoms with Gasteiger partial charge in [0.15, 0.2) is 22.2 Å². The zero-order chi connectivity index (χ0) is 24.0. The van der Waals surface area contributed by atoms with Gasteiger partial charge in [-0.15, -0.1) is 0 Å². The van der Waals surface area contributed by atoms with Crippen LogP contribution in [0, 0.1) is 0 Å². The first-order valence-corrected chi connectivity index (χ1v) is 12.3. The van der Waals surface area contributed by atoms with Crippen molar-refractivity contribution in [1.29, 1.82) is 0 Å². The lowest BCUT2D eigenvalue weighted by Gasteiger charge is -2.12. The van der Waals surface area contributed by atoms with Gasteiger partial charge in [0, 0.05) is 41.2 Å². The number of benzene rings is 1. The van der Waals surface area contributed by atoms with Gasteiger partial charge in [0.05, 0.1) is 42.1 Å². The number of H-pyrrole nitrogens is 1. The average Bonchev–Trinajstić information content (AvgIpc) is 3.41. The lowest BCUT2D eigenvalue weighted by atomic mass is 10.0. The van der Waals surface area contributed by atoms with E-state index >= 15 is 0 Å². The Hall–Kier alpha value is -3.21. The summed E-state index contributed by atoms with van der Waals surface area (Å²) in [4.78, 5) is 16.4. The normalized spacial score (nSPS) is 12.4. The second kappa shape index (κ2) is 8.86. The maximum atomic E-state index is 12.4. The minimum absolute atomic E-state index is 0.331. The minimum atomic E-state index is -1.35. The van der Waals surface area contributed by atoms with Gasteiger partial charge in [-0.3, -0.25) is 8.89 Å². The maximum Gasteiger partial charge on any atom is 0.179 e. The molecule has 0 aliphatic carbocycles. The molecule has 34 heavy (non-hydrogen) atoms. The fraction of sp³-hybridized carbons (Fsp3) is 0.182. The summed E-state index contributed by atoms with van der Waals surface area (Å²) in [5.74, 6) is 1.69. The van der Waals surface area contributed by atoms with E-state index < -0.39 is 10.8 Å². The predicted octanol–water partition coefficient (Wildman–Crippen LogP) is 4.48. The molecule has 4 aromatic heterocycles. The van der Waals surface area contributed by atoms with Gasteiger partial charge in [-0.1, -0.05) is 23.2 Å². The molecule has 5 rings (SSSR count). The van der Waals surface area contributed by atoms with Gasteiger partial charge in [0.1, 0.15) is 16.5 Å². The zero-order valence-electron chi connectivity index (χ0n) is 18.3. The third-order valence-corrected chi connectivity index (χ3v) is 6.64. The fourth-order valence-corrected chi connectivity index (χ4v) is 4.77. The maximum absolute atomic E-state index is 12.4. The highest BCUT2D eigenvalue weighted by atomic mass is 35.5. The number of aromatic nitrogens is 6. The molecule has 0 spiro atoms. The number of hydrogen-bond acceptors (Lipinski definition) is 7. The summed E-state index contributed by atoms with van der Waals surface area (Å²) in [6, 6.07) is 6.98. The summed E-state index contributed by atoms with van der Waals surface area (Å²) in [6.45, 7) is 0.331. The van der Waals surface area contributed by atoms with E-state index in [0.29, 0.717) is 55.8 Å². The Kier molecular flexibility index (Phi) is 5.88. The number of rotatable bonds is 6. The fourth-order valence-electron chi connectivity index (χ4n) is 3.74. The van der Waals surface area contributed by atoms with Crippen LogP contribution in [0.3, 0.4) is 0 Å². The third kappa shape index (κ3) is 3.97. The highest BCUT2D eigenvalue weighted by Gasteiger charge is 2.20. The van der Waals surface area contributed by atoms with E-state index in [1.807, 2.05) is 12.3 Å². The average molecular weight is 517 g/mol. The van der Waals surface area contributed by atoms with Crippen LogP contribution in [-0.2, 0) is 17.3 Å². The van der Waals surface area contributed by atoms with E-state index in [1.165, 1.54) is 0 Å². The number of aromatic amines is 1. The van der Waals surface area contributed by atoms with Crippen LogP contribution >= 0.6 is 23.2 Å². The lowest BCUT2D eigenvalue weighted by Crippen LogP contribution is -2.02. The number of fused-ring (bicyclic) bond motifs is 2. The van der Waals surface area contributed by atoms with Crippen LogP contribution < -0.4 is 9.47 Å². The molecule has 12 heteroatoms. The number of nitrogens with zero attached hydrogens (tertiary/aromatic N) is 5. The molecule has 1 atom stereocenters. The zero-order valence-corrected chi connectivity index (χ0v) is 20.6. The van der Waals surface area contributed by atoms with Crippen molar-refractivity contribution in [3.05, 3.63) is 52.7 Å². The first kappa shape index (κ1) is 22.6. The minimum Gasteiger partial charge on any atom is -0.493 e.